The molecule has 0 N–H and O–H groups in total. The lowest BCUT2D eigenvalue weighted by Gasteiger charge is -2.46. The summed E-state index contributed by atoms with van der Waals surface area (Å²) in [5, 5.41) is 0. The predicted molar refractivity (Wildman–Crippen MR) is 56.2 cm³/mol. The predicted octanol–water partition coefficient (Wildman–Crippen LogP) is 0.522. The second-order valence-electron chi connectivity index (χ2n) is 4.48. The van der Waals surface area contributed by atoms with Crippen molar-refractivity contribution in [2.45, 2.75) is 19.9 Å². The summed E-state index contributed by atoms with van der Waals surface area (Å²) in [5.41, 5.74) is 1.10. The van der Waals surface area contributed by atoms with E-state index in [0.717, 1.165) is 38.3 Å². The van der Waals surface area contributed by atoms with Crippen LogP contribution in [0, 0.1) is 0 Å². The Kier molecular flexibility index (Phi) is 2.70. The van der Waals surface area contributed by atoms with E-state index < -0.39 is 0 Å². The Morgan fingerprint density at radius 3 is 2.29 bits per heavy atom. The molecule has 3 heterocycles. The second-order valence-corrected chi connectivity index (χ2v) is 4.48. The van der Waals surface area contributed by atoms with Gasteiger partial charge in [0.2, 0.25) is 0 Å². The molecule has 0 aromatic carbocycles. The number of ketones is 1. The molecule has 78 valence electrons. The van der Waals surface area contributed by atoms with E-state index in [1.54, 1.807) is 6.08 Å². The maximum atomic E-state index is 11.9. The standard InChI is InChI=1S/C11H18N2O/c1-9(2)7-11(14)10-8-12-3-5-13(10)6-4-12/h7,10H,3-6,8H2,1-2H3. The smallest absolute Gasteiger partial charge is 0.174 e. The molecule has 3 aliphatic rings. The van der Waals surface area contributed by atoms with Crippen LogP contribution in [-0.2, 0) is 4.79 Å². The Hall–Kier alpha value is -0.670. The highest BCUT2D eigenvalue weighted by atomic mass is 16.1. The highest BCUT2D eigenvalue weighted by molar-refractivity contribution is 5.95. The number of nitrogens with zero attached hydrogens (tertiary/aromatic N) is 2. The van der Waals surface area contributed by atoms with E-state index in [1.165, 1.54) is 0 Å². The van der Waals surface area contributed by atoms with Gasteiger partial charge in [-0.05, 0) is 19.9 Å². The molecule has 1 atom stereocenters. The summed E-state index contributed by atoms with van der Waals surface area (Å²) >= 11 is 0. The highest BCUT2D eigenvalue weighted by Gasteiger charge is 2.34. The molecular formula is C11H18N2O. The quantitative estimate of drug-likeness (QED) is 0.599. The molecule has 3 fully saturated rings. The van der Waals surface area contributed by atoms with E-state index in [1.807, 2.05) is 13.8 Å². The number of hydrogen-bond donors (Lipinski definition) is 0. The molecule has 0 aromatic heterocycles. The molecule has 0 aromatic rings. The van der Waals surface area contributed by atoms with Gasteiger partial charge in [0, 0.05) is 32.7 Å². The van der Waals surface area contributed by atoms with E-state index >= 15 is 0 Å². The lowest BCUT2D eigenvalue weighted by atomic mass is 10.0. The zero-order valence-corrected chi connectivity index (χ0v) is 8.99. The lowest BCUT2D eigenvalue weighted by molar-refractivity contribution is -0.124. The van der Waals surface area contributed by atoms with Crippen LogP contribution in [0.15, 0.2) is 11.6 Å². The average molecular weight is 194 g/mol. The third-order valence-corrected chi connectivity index (χ3v) is 3.04. The third kappa shape index (κ3) is 1.88. The van der Waals surface area contributed by atoms with E-state index in [9.17, 15) is 4.79 Å². The summed E-state index contributed by atoms with van der Waals surface area (Å²) in [6.07, 6.45) is 1.78. The normalized spacial score (nSPS) is 35.4. The van der Waals surface area contributed by atoms with Crippen molar-refractivity contribution in [3.63, 3.8) is 0 Å². The molecule has 0 saturated carbocycles. The molecule has 3 aliphatic heterocycles. The fraction of sp³-hybridized carbons (Fsp3) is 0.727. The molecule has 0 aliphatic carbocycles. The first-order valence-electron chi connectivity index (χ1n) is 5.32. The van der Waals surface area contributed by atoms with Crippen LogP contribution in [0.2, 0.25) is 0 Å². The zero-order chi connectivity index (χ0) is 10.1. The van der Waals surface area contributed by atoms with Crippen molar-refractivity contribution in [2.24, 2.45) is 0 Å². The minimum atomic E-state index is 0.132. The minimum absolute atomic E-state index is 0.132. The van der Waals surface area contributed by atoms with Gasteiger partial charge < -0.3 is 0 Å². The van der Waals surface area contributed by atoms with Crippen molar-refractivity contribution in [1.29, 1.82) is 0 Å². The fourth-order valence-corrected chi connectivity index (χ4v) is 2.27. The maximum Gasteiger partial charge on any atom is 0.174 e. The number of allylic oxidation sites excluding steroid dienone is 1. The largest absolute Gasteiger partial charge is 0.299 e. The van der Waals surface area contributed by atoms with Crippen LogP contribution in [0.3, 0.4) is 0 Å². The van der Waals surface area contributed by atoms with Gasteiger partial charge in [-0.15, -0.1) is 0 Å². The first-order valence-corrected chi connectivity index (χ1v) is 5.32. The minimum Gasteiger partial charge on any atom is -0.299 e. The number of fused-ring (bicyclic) bond motifs is 3. The van der Waals surface area contributed by atoms with Gasteiger partial charge in [-0.1, -0.05) is 5.57 Å². The van der Waals surface area contributed by atoms with Crippen molar-refractivity contribution < 1.29 is 4.79 Å². The summed E-state index contributed by atoms with van der Waals surface area (Å²) in [5.74, 6) is 0.286. The molecule has 0 radical (unpaired) electrons. The Labute approximate surface area is 85.4 Å². The van der Waals surface area contributed by atoms with Crippen LogP contribution in [0.4, 0.5) is 0 Å². The number of piperazine rings is 3. The number of rotatable bonds is 2. The second kappa shape index (κ2) is 3.83. The molecule has 3 nitrogen and oxygen atoms in total. The third-order valence-electron chi connectivity index (χ3n) is 3.04. The zero-order valence-electron chi connectivity index (χ0n) is 8.99. The van der Waals surface area contributed by atoms with Gasteiger partial charge in [-0.2, -0.15) is 0 Å². The monoisotopic (exact) mass is 194 g/mol. The Morgan fingerprint density at radius 1 is 1.21 bits per heavy atom. The Bertz CT molecular complexity index is 260. The van der Waals surface area contributed by atoms with Gasteiger partial charge in [-0.3, -0.25) is 14.6 Å². The molecule has 0 amide bonds. The number of carbonyl (C=O) groups excluding carboxylic acids is 1. The molecular weight excluding hydrogens is 176 g/mol. The molecule has 2 bridgehead atoms. The van der Waals surface area contributed by atoms with Gasteiger partial charge >= 0.3 is 0 Å². The highest BCUT2D eigenvalue weighted by Crippen LogP contribution is 2.16. The lowest BCUT2D eigenvalue weighted by Crippen LogP contribution is -2.63. The molecule has 0 spiro atoms. The van der Waals surface area contributed by atoms with Crippen LogP contribution < -0.4 is 0 Å². The fourth-order valence-electron chi connectivity index (χ4n) is 2.27. The van der Waals surface area contributed by atoms with E-state index in [2.05, 4.69) is 9.80 Å². The van der Waals surface area contributed by atoms with Crippen molar-refractivity contribution in [1.82, 2.24) is 9.80 Å². The first kappa shape index (κ1) is 9.87. The van der Waals surface area contributed by atoms with Gasteiger partial charge in [0.25, 0.3) is 0 Å². The first-order chi connectivity index (χ1) is 6.66. The number of hydrogen-bond acceptors (Lipinski definition) is 3. The number of carbonyl (C=O) groups is 1. The Morgan fingerprint density at radius 2 is 1.86 bits per heavy atom. The Balaban J connectivity index is 2.05. The van der Waals surface area contributed by atoms with Crippen molar-refractivity contribution in [2.75, 3.05) is 32.7 Å². The van der Waals surface area contributed by atoms with E-state index in [4.69, 9.17) is 0 Å². The summed E-state index contributed by atoms with van der Waals surface area (Å²) in [6.45, 7) is 9.29. The summed E-state index contributed by atoms with van der Waals surface area (Å²) in [6, 6.07) is 0.132. The van der Waals surface area contributed by atoms with Crippen LogP contribution in [0.5, 0.6) is 0 Å². The van der Waals surface area contributed by atoms with Crippen LogP contribution in [0.1, 0.15) is 13.8 Å². The van der Waals surface area contributed by atoms with Gasteiger partial charge in [-0.25, -0.2) is 0 Å². The van der Waals surface area contributed by atoms with Crippen LogP contribution in [0.25, 0.3) is 0 Å². The molecule has 3 heteroatoms. The summed E-state index contributed by atoms with van der Waals surface area (Å²) < 4.78 is 0. The van der Waals surface area contributed by atoms with Crippen LogP contribution >= 0.6 is 0 Å². The molecule has 3 saturated heterocycles. The molecule has 3 rings (SSSR count). The van der Waals surface area contributed by atoms with E-state index in [0.29, 0.717) is 0 Å². The summed E-state index contributed by atoms with van der Waals surface area (Å²) in [4.78, 5) is 16.6. The average Bonchev–Trinajstić information content (AvgIpc) is 2.18. The van der Waals surface area contributed by atoms with Gasteiger partial charge in [0.1, 0.15) is 0 Å². The van der Waals surface area contributed by atoms with Gasteiger partial charge in [0.05, 0.1) is 6.04 Å². The topological polar surface area (TPSA) is 23.6 Å². The van der Waals surface area contributed by atoms with E-state index in [-0.39, 0.29) is 11.8 Å². The molecule has 1 unspecified atom stereocenters. The SMILES string of the molecule is CC(C)=CC(=O)C1CN2CCN1CC2. The van der Waals surface area contributed by atoms with Crippen molar-refractivity contribution in [3.8, 4) is 0 Å². The van der Waals surface area contributed by atoms with Crippen LogP contribution in [-0.4, -0.2) is 54.3 Å². The molecule has 14 heavy (non-hydrogen) atoms. The van der Waals surface area contributed by atoms with Crippen molar-refractivity contribution in [3.05, 3.63) is 11.6 Å². The van der Waals surface area contributed by atoms with Gasteiger partial charge in [0.15, 0.2) is 5.78 Å². The maximum absolute atomic E-state index is 11.9. The summed E-state index contributed by atoms with van der Waals surface area (Å²) in [7, 11) is 0. The van der Waals surface area contributed by atoms with Crippen molar-refractivity contribution >= 4 is 5.78 Å².